The van der Waals surface area contributed by atoms with Crippen LogP contribution in [-0.2, 0) is 16.8 Å². The minimum Gasteiger partial charge on any atom is -0.445 e. The maximum atomic E-state index is 14.2. The number of anilines is 1. The molecule has 0 bridgehead atoms. The maximum absolute atomic E-state index is 14.2. The Morgan fingerprint density at radius 2 is 1.85 bits per heavy atom. The van der Waals surface area contributed by atoms with Gasteiger partial charge in [-0.05, 0) is 30.0 Å². The van der Waals surface area contributed by atoms with Crippen LogP contribution in [0.25, 0.3) is 0 Å². The number of halogens is 2. The van der Waals surface area contributed by atoms with Crippen LogP contribution in [0.3, 0.4) is 0 Å². The van der Waals surface area contributed by atoms with Gasteiger partial charge in [0.05, 0.1) is 5.69 Å². The number of likely N-dealkylation sites (N-methyl/N-ethyl adjacent to an activating group) is 1. The minimum absolute atomic E-state index is 0.239. The molecule has 0 radical (unpaired) electrons. The molecule has 4 nitrogen and oxygen atoms in total. The summed E-state index contributed by atoms with van der Waals surface area (Å²) >= 11 is 0. The average Bonchev–Trinajstić information content (AvgIpc) is 2.92. The van der Waals surface area contributed by atoms with Crippen molar-refractivity contribution in [2.75, 3.05) is 31.6 Å². The van der Waals surface area contributed by atoms with Gasteiger partial charge in [-0.15, -0.1) is 0 Å². The van der Waals surface area contributed by atoms with Gasteiger partial charge in [0.15, 0.2) is 0 Å². The predicted octanol–water partition coefficient (Wildman–Crippen LogP) is 4.09. The largest absolute Gasteiger partial charge is 0.445 e. The fourth-order valence-corrected chi connectivity index (χ4v) is 4.33. The van der Waals surface area contributed by atoms with Gasteiger partial charge in [0.25, 0.3) is 0 Å². The molecule has 27 heavy (non-hydrogen) atoms. The second-order valence-corrected chi connectivity index (χ2v) is 7.45. The summed E-state index contributed by atoms with van der Waals surface area (Å²) in [7, 11) is 1.83. The highest BCUT2D eigenvalue weighted by Gasteiger charge is 2.46. The van der Waals surface area contributed by atoms with Crippen LogP contribution < -0.4 is 4.90 Å². The molecular formula is C21H22F2N2O2. The summed E-state index contributed by atoms with van der Waals surface area (Å²) in [5.74, 6) is -1.07. The first kappa shape index (κ1) is 17.8. The van der Waals surface area contributed by atoms with Gasteiger partial charge in [-0.1, -0.05) is 30.3 Å². The number of piperidine rings is 1. The summed E-state index contributed by atoms with van der Waals surface area (Å²) in [6, 6.07) is 11.9. The van der Waals surface area contributed by atoms with Gasteiger partial charge in [-0.25, -0.2) is 13.6 Å². The highest BCUT2D eigenvalue weighted by molar-refractivity contribution is 5.68. The smallest absolute Gasteiger partial charge is 0.410 e. The van der Waals surface area contributed by atoms with E-state index in [1.807, 2.05) is 42.3 Å². The van der Waals surface area contributed by atoms with Crippen molar-refractivity contribution in [2.45, 2.75) is 24.9 Å². The summed E-state index contributed by atoms with van der Waals surface area (Å²) < 4.78 is 33.5. The molecule has 2 aliphatic rings. The molecule has 0 aromatic heterocycles. The molecule has 2 heterocycles. The number of nitrogens with zero attached hydrogens (tertiary/aromatic N) is 2. The Kier molecular flexibility index (Phi) is 4.50. The number of fused-ring (bicyclic) bond motifs is 2. The zero-order valence-corrected chi connectivity index (χ0v) is 15.3. The molecule has 6 heteroatoms. The van der Waals surface area contributed by atoms with E-state index in [0.717, 1.165) is 17.2 Å². The molecule has 2 aromatic rings. The Bertz CT molecular complexity index is 849. The highest BCUT2D eigenvalue weighted by atomic mass is 19.1. The Hall–Kier alpha value is -2.63. The van der Waals surface area contributed by atoms with Crippen LogP contribution in [0, 0.1) is 11.6 Å². The standard InChI is InChI=1S/C21H22F2N2O2/c1-24-14-21(17-11-16(22)12-18(23)19(17)24)7-9-25(10-8-21)20(26)27-13-15-5-3-2-4-6-15/h2-6,11-12H,7-10,13-14H2,1H3. The number of likely N-dealkylation sites (tertiary alicyclic amines) is 1. The van der Waals surface area contributed by atoms with Gasteiger partial charge in [0.2, 0.25) is 0 Å². The third-order valence-electron chi connectivity index (χ3n) is 5.70. The van der Waals surface area contributed by atoms with Crippen LogP contribution in [0.4, 0.5) is 19.3 Å². The number of hydrogen-bond acceptors (Lipinski definition) is 3. The van der Waals surface area contributed by atoms with Crippen molar-refractivity contribution in [3.05, 3.63) is 65.2 Å². The van der Waals surface area contributed by atoms with Crippen LogP contribution in [0.1, 0.15) is 24.0 Å². The SMILES string of the molecule is CN1CC2(CCN(C(=O)OCc3ccccc3)CC2)c2cc(F)cc(F)c21. The lowest BCUT2D eigenvalue weighted by Gasteiger charge is -2.39. The molecule has 1 saturated heterocycles. The number of benzene rings is 2. The summed E-state index contributed by atoms with van der Waals surface area (Å²) in [6.07, 6.45) is 0.979. The van der Waals surface area contributed by atoms with Crippen molar-refractivity contribution in [3.8, 4) is 0 Å². The topological polar surface area (TPSA) is 32.8 Å². The zero-order valence-electron chi connectivity index (χ0n) is 15.3. The number of hydrogen-bond donors (Lipinski definition) is 0. The van der Waals surface area contributed by atoms with E-state index in [9.17, 15) is 13.6 Å². The first-order valence-electron chi connectivity index (χ1n) is 9.15. The van der Waals surface area contributed by atoms with Gasteiger partial charge < -0.3 is 14.5 Å². The molecular weight excluding hydrogens is 350 g/mol. The Morgan fingerprint density at radius 3 is 2.56 bits per heavy atom. The van der Waals surface area contributed by atoms with E-state index in [1.54, 1.807) is 4.90 Å². The van der Waals surface area contributed by atoms with Gasteiger partial charge in [0, 0.05) is 38.2 Å². The fraction of sp³-hybridized carbons (Fsp3) is 0.381. The van der Waals surface area contributed by atoms with E-state index in [1.165, 1.54) is 6.07 Å². The third-order valence-corrected chi connectivity index (χ3v) is 5.70. The van der Waals surface area contributed by atoms with Gasteiger partial charge in [-0.3, -0.25) is 0 Å². The summed E-state index contributed by atoms with van der Waals surface area (Å²) in [5, 5.41) is 0. The summed E-state index contributed by atoms with van der Waals surface area (Å²) in [5.41, 5.74) is 1.83. The van der Waals surface area contributed by atoms with Crippen LogP contribution >= 0.6 is 0 Å². The molecule has 0 N–H and O–H groups in total. The predicted molar refractivity (Wildman–Crippen MR) is 98.7 cm³/mol. The van der Waals surface area contributed by atoms with E-state index in [4.69, 9.17) is 4.74 Å². The normalized spacial score (nSPS) is 17.9. The van der Waals surface area contributed by atoms with Crippen molar-refractivity contribution in [2.24, 2.45) is 0 Å². The van der Waals surface area contributed by atoms with E-state index < -0.39 is 11.6 Å². The van der Waals surface area contributed by atoms with Crippen LogP contribution in [-0.4, -0.2) is 37.7 Å². The molecule has 142 valence electrons. The molecule has 1 fully saturated rings. The molecule has 0 unspecified atom stereocenters. The van der Waals surface area contributed by atoms with E-state index in [0.29, 0.717) is 38.2 Å². The van der Waals surface area contributed by atoms with Gasteiger partial charge in [0.1, 0.15) is 18.2 Å². The van der Waals surface area contributed by atoms with Gasteiger partial charge >= 0.3 is 6.09 Å². The average molecular weight is 372 g/mol. The summed E-state index contributed by atoms with van der Waals surface area (Å²) in [6.45, 7) is 1.90. The van der Waals surface area contributed by atoms with Crippen molar-refractivity contribution in [3.63, 3.8) is 0 Å². The van der Waals surface area contributed by atoms with Crippen LogP contribution in [0.15, 0.2) is 42.5 Å². The quantitative estimate of drug-likeness (QED) is 0.796. The van der Waals surface area contributed by atoms with E-state index in [2.05, 4.69) is 0 Å². The second kappa shape index (κ2) is 6.83. The van der Waals surface area contributed by atoms with Crippen LogP contribution in [0.2, 0.25) is 0 Å². The molecule has 0 aliphatic carbocycles. The molecule has 2 aliphatic heterocycles. The van der Waals surface area contributed by atoms with Crippen molar-refractivity contribution < 1.29 is 18.3 Å². The number of amides is 1. The molecule has 0 atom stereocenters. The van der Waals surface area contributed by atoms with Gasteiger partial charge in [-0.2, -0.15) is 0 Å². The molecule has 0 saturated carbocycles. The molecule has 4 rings (SSSR count). The number of carbonyl (C=O) groups is 1. The van der Waals surface area contributed by atoms with E-state index in [-0.39, 0.29) is 18.1 Å². The number of rotatable bonds is 2. The fourth-order valence-electron chi connectivity index (χ4n) is 4.33. The monoisotopic (exact) mass is 372 g/mol. The lowest BCUT2D eigenvalue weighted by Crippen LogP contribution is -2.47. The lowest BCUT2D eigenvalue weighted by atomic mass is 9.74. The second-order valence-electron chi connectivity index (χ2n) is 7.45. The number of ether oxygens (including phenoxy) is 1. The van der Waals surface area contributed by atoms with E-state index >= 15 is 0 Å². The third kappa shape index (κ3) is 3.24. The zero-order chi connectivity index (χ0) is 19.0. The number of carbonyl (C=O) groups excluding carboxylic acids is 1. The minimum atomic E-state index is -0.550. The van der Waals surface area contributed by atoms with Crippen molar-refractivity contribution in [1.82, 2.24) is 4.90 Å². The first-order valence-corrected chi connectivity index (χ1v) is 9.15. The van der Waals surface area contributed by atoms with Crippen LogP contribution in [0.5, 0.6) is 0 Å². The Labute approximate surface area is 157 Å². The van der Waals surface area contributed by atoms with Crippen molar-refractivity contribution >= 4 is 11.8 Å². The first-order chi connectivity index (χ1) is 13.0. The maximum Gasteiger partial charge on any atom is 0.410 e. The lowest BCUT2D eigenvalue weighted by molar-refractivity contribution is 0.0790. The Morgan fingerprint density at radius 1 is 1.15 bits per heavy atom. The van der Waals surface area contributed by atoms with Crippen molar-refractivity contribution in [1.29, 1.82) is 0 Å². The molecule has 1 spiro atoms. The molecule has 2 aromatic carbocycles. The Balaban J connectivity index is 1.43. The molecule has 1 amide bonds. The summed E-state index contributed by atoms with van der Waals surface area (Å²) in [4.78, 5) is 15.9. The highest BCUT2D eigenvalue weighted by Crippen LogP contribution is 2.47.